The number of fused-ring (bicyclic) bond motifs is 1. The Morgan fingerprint density at radius 3 is 2.47 bits per heavy atom. The molecule has 0 N–H and O–H groups in total. The van der Waals surface area contributed by atoms with Crippen molar-refractivity contribution in [3.05, 3.63) is 47.5 Å². The first-order valence-electron chi connectivity index (χ1n) is 5.15. The number of aldehydes is 1. The van der Waals surface area contributed by atoms with Crippen LogP contribution in [0.5, 0.6) is 0 Å². The highest BCUT2D eigenvalue weighted by Gasteiger charge is 2.13. The molecule has 0 heterocycles. The molecule has 0 saturated carbocycles. The molecule has 2 aromatic rings. The normalized spacial score (nSPS) is 10.2. The van der Waals surface area contributed by atoms with Crippen LogP contribution in [0.3, 0.4) is 0 Å². The van der Waals surface area contributed by atoms with Gasteiger partial charge < -0.3 is 4.67 Å². The Balaban J connectivity index is 2.79. The number of benzene rings is 2. The van der Waals surface area contributed by atoms with Crippen LogP contribution in [0.1, 0.15) is 20.7 Å². The average molecular weight is 245 g/mol. The lowest BCUT2D eigenvalue weighted by molar-refractivity contribution is 0.0892. The van der Waals surface area contributed by atoms with E-state index in [2.05, 4.69) is 9.39 Å². The fourth-order valence-electron chi connectivity index (χ4n) is 1.84. The van der Waals surface area contributed by atoms with E-state index in [1.54, 1.807) is 19.2 Å². The van der Waals surface area contributed by atoms with Crippen LogP contribution in [0.25, 0.3) is 10.8 Å². The van der Waals surface area contributed by atoms with Crippen LogP contribution in [0.4, 0.5) is 0 Å². The molecule has 1 unspecified atom stereocenters. The van der Waals surface area contributed by atoms with Crippen LogP contribution in [0, 0.1) is 0 Å². The van der Waals surface area contributed by atoms with Crippen molar-refractivity contribution in [1.82, 2.24) is 4.67 Å². The molecule has 0 bridgehead atoms. The summed E-state index contributed by atoms with van der Waals surface area (Å²) >= 11 is 0. The van der Waals surface area contributed by atoms with E-state index in [1.165, 1.54) is 4.67 Å². The molecular formula is C13H12NO2P. The van der Waals surface area contributed by atoms with Crippen molar-refractivity contribution >= 4 is 32.4 Å². The van der Waals surface area contributed by atoms with Gasteiger partial charge in [-0.15, -0.1) is 0 Å². The summed E-state index contributed by atoms with van der Waals surface area (Å²) in [5, 5.41) is 1.61. The minimum Gasteiger partial charge on any atom is -0.326 e. The van der Waals surface area contributed by atoms with Gasteiger partial charge in [0.2, 0.25) is 0 Å². The van der Waals surface area contributed by atoms with Crippen LogP contribution in [0.2, 0.25) is 0 Å². The summed E-state index contributed by atoms with van der Waals surface area (Å²) in [4.78, 5) is 23.1. The first-order chi connectivity index (χ1) is 8.15. The standard InChI is InChI=1S/C13H12NO2P/c1-14(17)13(16)11-7-3-5-9-4-2-6-10(8-15)12(9)11/h2-8H,17H2,1H3. The molecule has 0 aliphatic heterocycles. The zero-order chi connectivity index (χ0) is 12.4. The van der Waals surface area contributed by atoms with E-state index in [9.17, 15) is 9.59 Å². The van der Waals surface area contributed by atoms with Gasteiger partial charge in [-0.1, -0.05) is 30.3 Å². The second-order valence-corrected chi connectivity index (χ2v) is 4.56. The SMILES string of the molecule is CN(P)C(=O)c1cccc2cccc(C=O)c12. The molecule has 0 fully saturated rings. The van der Waals surface area contributed by atoms with E-state index in [-0.39, 0.29) is 5.91 Å². The summed E-state index contributed by atoms with van der Waals surface area (Å²) in [6.07, 6.45) is 0.780. The molecule has 0 aliphatic carbocycles. The number of rotatable bonds is 2. The first-order valence-corrected chi connectivity index (χ1v) is 5.66. The predicted octanol–water partition coefficient (Wildman–Crippen LogP) is 2.51. The van der Waals surface area contributed by atoms with Gasteiger partial charge in [0.1, 0.15) is 0 Å². The maximum Gasteiger partial charge on any atom is 0.257 e. The lowest BCUT2D eigenvalue weighted by atomic mass is 9.99. The summed E-state index contributed by atoms with van der Waals surface area (Å²) < 4.78 is 1.43. The number of hydrogen-bond donors (Lipinski definition) is 0. The second-order valence-electron chi connectivity index (χ2n) is 3.78. The third-order valence-corrected chi connectivity index (χ3v) is 2.85. The Hall–Kier alpha value is -1.73. The first kappa shape index (κ1) is 11.7. The van der Waals surface area contributed by atoms with E-state index in [4.69, 9.17) is 0 Å². The van der Waals surface area contributed by atoms with E-state index in [0.717, 1.165) is 11.7 Å². The van der Waals surface area contributed by atoms with Crippen molar-refractivity contribution in [2.75, 3.05) is 7.05 Å². The topological polar surface area (TPSA) is 37.4 Å². The van der Waals surface area contributed by atoms with Crippen molar-refractivity contribution in [3.8, 4) is 0 Å². The van der Waals surface area contributed by atoms with Crippen LogP contribution >= 0.6 is 9.39 Å². The Morgan fingerprint density at radius 1 is 1.24 bits per heavy atom. The highest BCUT2D eigenvalue weighted by atomic mass is 31.0. The Bertz CT molecular complexity index is 588. The molecular weight excluding hydrogens is 233 g/mol. The highest BCUT2D eigenvalue weighted by molar-refractivity contribution is 7.14. The molecule has 0 spiro atoms. The molecule has 1 amide bonds. The Labute approximate surface area is 102 Å². The Morgan fingerprint density at radius 2 is 1.88 bits per heavy atom. The maximum absolute atomic E-state index is 12.0. The minimum atomic E-state index is -0.130. The molecule has 0 radical (unpaired) electrons. The zero-order valence-electron chi connectivity index (χ0n) is 9.38. The van der Waals surface area contributed by atoms with Gasteiger partial charge in [-0.05, 0) is 20.8 Å². The van der Waals surface area contributed by atoms with E-state index in [1.807, 2.05) is 24.3 Å². The van der Waals surface area contributed by atoms with Crippen molar-refractivity contribution in [1.29, 1.82) is 0 Å². The molecule has 1 atom stereocenters. The largest absolute Gasteiger partial charge is 0.326 e. The lowest BCUT2D eigenvalue weighted by Gasteiger charge is -2.13. The van der Waals surface area contributed by atoms with Crippen molar-refractivity contribution in [2.24, 2.45) is 0 Å². The summed E-state index contributed by atoms with van der Waals surface area (Å²) in [7, 11) is 3.99. The summed E-state index contributed by atoms with van der Waals surface area (Å²) in [6, 6.07) is 10.9. The molecule has 2 rings (SSSR count). The summed E-state index contributed by atoms with van der Waals surface area (Å²) in [5.41, 5.74) is 1.08. The second kappa shape index (κ2) is 4.64. The average Bonchev–Trinajstić information content (AvgIpc) is 2.36. The molecule has 2 aromatic carbocycles. The number of amides is 1. The molecule has 0 aliphatic rings. The predicted molar refractivity (Wildman–Crippen MR) is 71.1 cm³/mol. The smallest absolute Gasteiger partial charge is 0.257 e. The summed E-state index contributed by atoms with van der Waals surface area (Å²) in [6.45, 7) is 0. The quantitative estimate of drug-likeness (QED) is 0.602. The number of hydrogen-bond acceptors (Lipinski definition) is 2. The lowest BCUT2D eigenvalue weighted by Crippen LogP contribution is -2.16. The number of carbonyl (C=O) groups is 2. The van der Waals surface area contributed by atoms with Gasteiger partial charge in [0, 0.05) is 23.6 Å². The van der Waals surface area contributed by atoms with Gasteiger partial charge in [-0.2, -0.15) is 0 Å². The zero-order valence-corrected chi connectivity index (χ0v) is 10.5. The molecule has 4 heteroatoms. The third-order valence-electron chi connectivity index (χ3n) is 2.61. The van der Waals surface area contributed by atoms with E-state index in [0.29, 0.717) is 16.5 Å². The van der Waals surface area contributed by atoms with Crippen molar-refractivity contribution < 1.29 is 9.59 Å². The monoisotopic (exact) mass is 245 g/mol. The van der Waals surface area contributed by atoms with E-state index >= 15 is 0 Å². The molecule has 0 saturated heterocycles. The van der Waals surface area contributed by atoms with Gasteiger partial charge in [0.05, 0.1) is 0 Å². The van der Waals surface area contributed by atoms with Gasteiger partial charge >= 0.3 is 0 Å². The van der Waals surface area contributed by atoms with E-state index < -0.39 is 0 Å². The fourth-order valence-corrected chi connectivity index (χ4v) is 1.98. The van der Waals surface area contributed by atoms with Crippen molar-refractivity contribution in [2.45, 2.75) is 0 Å². The molecule has 17 heavy (non-hydrogen) atoms. The van der Waals surface area contributed by atoms with Crippen LogP contribution in [-0.2, 0) is 0 Å². The van der Waals surface area contributed by atoms with Gasteiger partial charge in [0.15, 0.2) is 6.29 Å². The molecule has 0 aromatic heterocycles. The summed E-state index contributed by atoms with van der Waals surface area (Å²) in [5.74, 6) is -0.130. The highest BCUT2D eigenvalue weighted by Crippen LogP contribution is 2.23. The van der Waals surface area contributed by atoms with Gasteiger partial charge in [-0.25, -0.2) is 0 Å². The fraction of sp³-hybridized carbons (Fsp3) is 0.0769. The molecule has 3 nitrogen and oxygen atoms in total. The van der Waals surface area contributed by atoms with Crippen LogP contribution in [0.15, 0.2) is 36.4 Å². The van der Waals surface area contributed by atoms with Gasteiger partial charge in [0.25, 0.3) is 5.91 Å². The number of nitrogens with zero attached hydrogens (tertiary/aromatic N) is 1. The van der Waals surface area contributed by atoms with Crippen molar-refractivity contribution in [3.63, 3.8) is 0 Å². The molecule has 86 valence electrons. The Kier molecular flexibility index (Phi) is 3.21. The number of carbonyl (C=O) groups excluding carboxylic acids is 2. The third kappa shape index (κ3) is 2.06. The van der Waals surface area contributed by atoms with Crippen LogP contribution in [-0.4, -0.2) is 23.9 Å². The van der Waals surface area contributed by atoms with Gasteiger partial charge in [-0.3, -0.25) is 9.59 Å². The minimum absolute atomic E-state index is 0.130. The maximum atomic E-state index is 12.0. The van der Waals surface area contributed by atoms with Crippen LogP contribution < -0.4 is 0 Å².